The Morgan fingerprint density at radius 1 is 0.653 bits per heavy atom. The van der Waals surface area contributed by atoms with Gasteiger partial charge in [-0.1, -0.05) is 113 Å². The smallest absolute Gasteiger partial charge is 0.130 e. The van der Waals surface area contributed by atoms with Crippen molar-refractivity contribution in [2.24, 2.45) is 58.2 Å². The van der Waals surface area contributed by atoms with Crippen LogP contribution in [0.2, 0.25) is 0 Å². The first-order valence-electron chi connectivity index (χ1n) is 28.5. The van der Waals surface area contributed by atoms with Gasteiger partial charge in [-0.2, -0.15) is 0 Å². The maximum atomic E-state index is 11.0. The molecule has 0 radical (unpaired) electrons. The fourth-order valence-electron chi connectivity index (χ4n) is 16.6. The molecular formula is C68H104O4. The average Bonchev–Trinajstić information content (AvgIpc) is 4.22. The lowest BCUT2D eigenvalue weighted by Gasteiger charge is -2.52. The number of terminal acetylenes is 2. The number of benzene rings is 1. The van der Waals surface area contributed by atoms with E-state index in [9.17, 15) is 10.2 Å². The summed E-state index contributed by atoms with van der Waals surface area (Å²) in [6, 6.07) is 6.59. The Bertz CT molecular complexity index is 2190. The van der Waals surface area contributed by atoms with E-state index in [-0.39, 0.29) is 20.3 Å². The van der Waals surface area contributed by atoms with Crippen LogP contribution in [0.5, 0.6) is 5.75 Å². The van der Waals surface area contributed by atoms with Gasteiger partial charge in [-0.3, -0.25) is 0 Å². The first-order valence-corrected chi connectivity index (χ1v) is 28.5. The van der Waals surface area contributed by atoms with E-state index in [1.54, 1.807) is 29.4 Å². The van der Waals surface area contributed by atoms with Crippen molar-refractivity contribution in [2.75, 3.05) is 14.2 Å². The third kappa shape index (κ3) is 11.8. The third-order valence-electron chi connectivity index (χ3n) is 21.3. The van der Waals surface area contributed by atoms with Gasteiger partial charge in [0.25, 0.3) is 0 Å². The number of rotatable bonds is 2. The van der Waals surface area contributed by atoms with E-state index in [2.05, 4.69) is 103 Å². The minimum Gasteiger partial charge on any atom is -0.501 e. The minimum absolute atomic E-state index is 0. The second kappa shape index (κ2) is 25.4. The highest BCUT2D eigenvalue weighted by molar-refractivity contribution is 5.41. The molecule has 7 saturated carbocycles. The predicted octanol–water partition coefficient (Wildman–Crippen LogP) is 17.7. The number of aryl methyl sites for hydroxylation is 1. The Balaban J connectivity index is 0.000000180. The van der Waals surface area contributed by atoms with Crippen molar-refractivity contribution in [1.82, 2.24) is 0 Å². The number of hydrogen-bond donors (Lipinski definition) is 2. The molecule has 0 aromatic heterocycles. The molecule has 4 heteroatoms. The molecule has 400 valence electrons. The Hall–Kier alpha value is -3.44. The lowest BCUT2D eigenvalue weighted by atomic mass is 9.53. The van der Waals surface area contributed by atoms with Crippen LogP contribution < -0.4 is 4.74 Å². The van der Waals surface area contributed by atoms with Crippen molar-refractivity contribution >= 4 is 0 Å². The van der Waals surface area contributed by atoms with E-state index >= 15 is 0 Å². The second-order valence-corrected chi connectivity index (χ2v) is 24.3. The van der Waals surface area contributed by atoms with Crippen LogP contribution in [-0.4, -0.2) is 35.6 Å². The molecule has 1 aromatic rings. The lowest BCUT2D eigenvalue weighted by Crippen LogP contribution is -2.50. The highest BCUT2D eigenvalue weighted by Gasteiger charge is 2.61. The van der Waals surface area contributed by atoms with Gasteiger partial charge in [-0.05, 0) is 250 Å². The minimum atomic E-state index is -0.900. The topological polar surface area (TPSA) is 58.9 Å². The molecule has 1 aromatic carbocycles. The van der Waals surface area contributed by atoms with E-state index in [0.29, 0.717) is 29.1 Å². The fourth-order valence-corrected chi connectivity index (χ4v) is 16.6. The standard InChI is InChI=1S/C21H26O2.C21H30O.C8H12O.2C8H14.2CH4/c1-4-21(22)12-10-19-18-7-5-14-13-15(23-3)6-8-16(14)17(18)9-11-20(19,21)2;1-4-15-6-10-20-19-8-5-14-13-16(22-3)7-9-17(14)18(19)11-12-21(15,20)2;1-3-8(9)6-4-5-7(8)2;2*1-3-8-6-4-5-7(8)2;;/h1,6,8,13,17-19,22H,5,7,9-12H2,2-3H3;4,7,18-20H,5-6,8-13H2,1-3H3;1,7,9H,4-6H2,2H3;2*3,7H,4-6H2,1-2H3;2*1H4/b;15-4-;;2*8-3-;;/t17?,18?,19?,20-,21-;18?,19?,20?,21-;7-,8+;2*7-;;/m01111../s1. The number of ether oxygens (including phenoxy) is 2. The van der Waals surface area contributed by atoms with Crippen LogP contribution in [0, 0.1) is 82.9 Å². The molecule has 7 fully saturated rings. The highest BCUT2D eigenvalue weighted by Crippen LogP contribution is 2.65. The van der Waals surface area contributed by atoms with Crippen molar-refractivity contribution in [1.29, 1.82) is 0 Å². The Morgan fingerprint density at radius 2 is 1.31 bits per heavy atom. The van der Waals surface area contributed by atoms with Crippen molar-refractivity contribution in [3.63, 3.8) is 0 Å². The Morgan fingerprint density at radius 3 is 1.83 bits per heavy atom. The molecule has 0 spiro atoms. The normalized spacial score (nSPS) is 39.2. The summed E-state index contributed by atoms with van der Waals surface area (Å²) in [4.78, 5) is 0. The summed E-state index contributed by atoms with van der Waals surface area (Å²) in [7, 11) is 3.56. The summed E-state index contributed by atoms with van der Waals surface area (Å²) < 4.78 is 10.9. The van der Waals surface area contributed by atoms with Gasteiger partial charge in [0, 0.05) is 11.8 Å². The SMILES string of the molecule is C.C.C#C[C@]1(O)CCC2C3CCc4cc(OC)ccc4C3CC[C@@]21C.C#C[C@]1(O)CCC[C@H]1C.C/C=C1/CCC2C3CCC4=C(CC=C(OC)C4)C3CC[C@]12C.C/C=C1/CCC[C@H]1C.C/C=C1/CCC[C@H]1C. The Labute approximate surface area is 442 Å². The van der Waals surface area contributed by atoms with Gasteiger partial charge >= 0.3 is 0 Å². The monoisotopic (exact) mass is 985 g/mol. The summed E-state index contributed by atoms with van der Waals surface area (Å²) in [5.41, 5.74) is 10.4. The Kier molecular flexibility index (Phi) is 21.0. The molecule has 6 unspecified atom stereocenters. The zero-order valence-electron chi connectivity index (χ0n) is 45.9. The fraction of sp³-hybridized carbons (Fsp3) is 0.706. The van der Waals surface area contributed by atoms with E-state index in [4.69, 9.17) is 22.3 Å². The van der Waals surface area contributed by atoms with Crippen LogP contribution in [0.3, 0.4) is 0 Å². The largest absolute Gasteiger partial charge is 0.501 e. The van der Waals surface area contributed by atoms with Gasteiger partial charge in [0.15, 0.2) is 0 Å². The van der Waals surface area contributed by atoms with Crippen molar-refractivity contribution in [2.45, 2.75) is 235 Å². The molecule has 72 heavy (non-hydrogen) atoms. The first-order chi connectivity index (χ1) is 33.6. The summed E-state index contributed by atoms with van der Waals surface area (Å²) >= 11 is 0. The molecule has 0 saturated heterocycles. The van der Waals surface area contributed by atoms with Gasteiger partial charge in [0.2, 0.25) is 0 Å². The maximum absolute atomic E-state index is 11.0. The zero-order valence-corrected chi connectivity index (χ0v) is 45.9. The lowest BCUT2D eigenvalue weighted by molar-refractivity contribution is -0.0646. The number of fused-ring (bicyclic) bond motifs is 9. The third-order valence-corrected chi connectivity index (χ3v) is 21.3. The van der Waals surface area contributed by atoms with Crippen LogP contribution in [-0.2, 0) is 11.2 Å². The van der Waals surface area contributed by atoms with Crippen molar-refractivity contribution < 1.29 is 19.7 Å². The summed E-state index contributed by atoms with van der Waals surface area (Å²) in [5.74, 6) is 14.1. The molecular weight excluding hydrogens is 881 g/mol. The van der Waals surface area contributed by atoms with Crippen LogP contribution >= 0.6 is 0 Å². The highest BCUT2D eigenvalue weighted by atomic mass is 16.5. The van der Waals surface area contributed by atoms with E-state index in [1.807, 2.05) is 19.6 Å². The van der Waals surface area contributed by atoms with Gasteiger partial charge in [0.1, 0.15) is 17.0 Å². The molecule has 0 bridgehead atoms. The van der Waals surface area contributed by atoms with Crippen molar-refractivity contribution in [3.8, 4) is 30.4 Å². The quantitative estimate of drug-likeness (QED) is 0.229. The molecule has 11 rings (SSSR count). The number of aliphatic hydroxyl groups is 2. The van der Waals surface area contributed by atoms with Crippen LogP contribution in [0.25, 0.3) is 0 Å². The van der Waals surface area contributed by atoms with Gasteiger partial charge in [-0.15, -0.1) is 12.8 Å². The van der Waals surface area contributed by atoms with E-state index < -0.39 is 11.2 Å². The van der Waals surface area contributed by atoms with Gasteiger partial charge < -0.3 is 19.7 Å². The molecule has 0 amide bonds. The van der Waals surface area contributed by atoms with Crippen LogP contribution in [0.4, 0.5) is 0 Å². The van der Waals surface area contributed by atoms with Crippen LogP contribution in [0.1, 0.15) is 229 Å². The van der Waals surface area contributed by atoms with Gasteiger partial charge in [0.05, 0.1) is 20.0 Å². The van der Waals surface area contributed by atoms with Crippen molar-refractivity contribution in [3.05, 3.63) is 87.3 Å². The summed E-state index contributed by atoms with van der Waals surface area (Å²) in [6.07, 6.45) is 48.5. The van der Waals surface area contributed by atoms with E-state index in [1.165, 1.54) is 107 Å². The molecule has 2 N–H and O–H groups in total. The number of methoxy groups -OCH3 is 2. The molecule has 0 aliphatic heterocycles. The van der Waals surface area contributed by atoms with E-state index in [0.717, 1.165) is 93.1 Å². The number of allylic oxidation sites excluding steroid dienone is 9. The molecule has 10 aliphatic rings. The molecule has 13 atom stereocenters. The number of hydrogen-bond acceptors (Lipinski definition) is 4. The first kappa shape index (κ1) is 59.4. The predicted molar refractivity (Wildman–Crippen MR) is 307 cm³/mol. The zero-order chi connectivity index (χ0) is 50.4. The van der Waals surface area contributed by atoms with Crippen LogP contribution in [0.15, 0.2) is 76.1 Å². The average molecular weight is 986 g/mol. The molecule has 4 nitrogen and oxygen atoms in total. The molecule has 0 heterocycles. The second-order valence-electron chi connectivity index (χ2n) is 24.3. The maximum Gasteiger partial charge on any atom is 0.130 e. The molecule has 10 aliphatic carbocycles. The summed E-state index contributed by atoms with van der Waals surface area (Å²) in [5, 5.41) is 20.5. The van der Waals surface area contributed by atoms with Gasteiger partial charge in [-0.25, -0.2) is 0 Å². The summed E-state index contributed by atoms with van der Waals surface area (Å²) in [6.45, 7) is 18.0.